The van der Waals surface area contributed by atoms with E-state index in [1.54, 1.807) is 12.1 Å². The van der Waals surface area contributed by atoms with E-state index in [2.05, 4.69) is 5.32 Å². The van der Waals surface area contributed by atoms with Gasteiger partial charge in [-0.25, -0.2) is 0 Å². The number of hydrogen-bond donors (Lipinski definition) is 2. The van der Waals surface area contributed by atoms with Crippen molar-refractivity contribution >= 4 is 46.3 Å². The quantitative estimate of drug-likeness (QED) is 0.802. The first kappa shape index (κ1) is 11.2. The van der Waals surface area contributed by atoms with Crippen molar-refractivity contribution in [3.63, 3.8) is 0 Å². The van der Waals surface area contributed by atoms with Crippen molar-refractivity contribution in [2.75, 3.05) is 22.6 Å². The van der Waals surface area contributed by atoms with Crippen molar-refractivity contribution in [1.82, 2.24) is 0 Å². The van der Waals surface area contributed by atoms with Crippen LogP contribution in [0.1, 0.15) is 6.42 Å². The van der Waals surface area contributed by atoms with Gasteiger partial charge in [0.1, 0.15) is 0 Å². The van der Waals surface area contributed by atoms with Gasteiger partial charge in [-0.2, -0.15) is 11.8 Å². The fourth-order valence-corrected chi connectivity index (χ4v) is 3.35. The zero-order valence-electron chi connectivity index (χ0n) is 8.09. The molecule has 1 unspecified atom stereocenters. The molecule has 0 spiro atoms. The highest BCUT2D eigenvalue weighted by Gasteiger charge is 2.17. The van der Waals surface area contributed by atoms with E-state index in [1.807, 2.05) is 11.8 Å². The van der Waals surface area contributed by atoms with Crippen LogP contribution in [0.15, 0.2) is 12.1 Å². The number of rotatable bonds is 2. The molecule has 0 amide bonds. The van der Waals surface area contributed by atoms with Crippen LogP contribution in [0.5, 0.6) is 0 Å². The molecule has 82 valence electrons. The van der Waals surface area contributed by atoms with Gasteiger partial charge in [-0.3, -0.25) is 0 Å². The summed E-state index contributed by atoms with van der Waals surface area (Å²) in [4.78, 5) is 0. The number of nitrogen functional groups attached to an aromatic ring is 1. The Bertz CT molecular complexity index is 341. The van der Waals surface area contributed by atoms with Crippen molar-refractivity contribution in [1.29, 1.82) is 0 Å². The molecule has 1 aromatic rings. The first-order chi connectivity index (χ1) is 7.16. The van der Waals surface area contributed by atoms with E-state index in [0.29, 0.717) is 21.8 Å². The van der Waals surface area contributed by atoms with Gasteiger partial charge in [0.2, 0.25) is 0 Å². The van der Waals surface area contributed by atoms with Crippen LogP contribution in [-0.4, -0.2) is 17.5 Å². The second-order valence-electron chi connectivity index (χ2n) is 3.56. The molecule has 1 heterocycles. The predicted octanol–water partition coefficient (Wildman–Crippen LogP) is 3.49. The van der Waals surface area contributed by atoms with Gasteiger partial charge in [0.25, 0.3) is 0 Å². The fourth-order valence-electron chi connectivity index (χ4n) is 1.58. The second-order valence-corrected chi connectivity index (χ2v) is 5.53. The van der Waals surface area contributed by atoms with E-state index in [9.17, 15) is 0 Å². The highest BCUT2D eigenvalue weighted by atomic mass is 35.5. The predicted molar refractivity (Wildman–Crippen MR) is 70.2 cm³/mol. The molecule has 3 N–H and O–H groups in total. The Balaban J connectivity index is 2.19. The van der Waals surface area contributed by atoms with Crippen LogP contribution < -0.4 is 11.1 Å². The second kappa shape index (κ2) is 4.73. The first-order valence-corrected chi connectivity index (χ1v) is 6.66. The zero-order chi connectivity index (χ0) is 10.8. The number of hydrogen-bond acceptors (Lipinski definition) is 3. The molecule has 1 aliphatic rings. The number of nitrogens with one attached hydrogen (secondary N) is 1. The van der Waals surface area contributed by atoms with E-state index in [-0.39, 0.29) is 0 Å². The number of nitrogens with two attached hydrogens (primary N) is 1. The van der Waals surface area contributed by atoms with Crippen molar-refractivity contribution in [2.24, 2.45) is 0 Å². The summed E-state index contributed by atoms with van der Waals surface area (Å²) in [6.45, 7) is 0. The molecule has 0 aromatic heterocycles. The SMILES string of the molecule is Nc1cc(Cl)c(NC2CCSC2)c(Cl)c1. The molecular weight excluding hydrogens is 251 g/mol. The van der Waals surface area contributed by atoms with Gasteiger partial charge >= 0.3 is 0 Å². The third kappa shape index (κ3) is 2.65. The molecule has 1 saturated heterocycles. The van der Waals surface area contributed by atoms with Gasteiger partial charge in [-0.15, -0.1) is 0 Å². The van der Waals surface area contributed by atoms with E-state index in [1.165, 1.54) is 5.75 Å². The number of thioether (sulfide) groups is 1. The monoisotopic (exact) mass is 262 g/mol. The van der Waals surface area contributed by atoms with Crippen molar-refractivity contribution in [3.05, 3.63) is 22.2 Å². The highest BCUT2D eigenvalue weighted by Crippen LogP contribution is 2.34. The molecule has 2 rings (SSSR count). The highest BCUT2D eigenvalue weighted by molar-refractivity contribution is 7.99. The Hall–Kier alpha value is -0.250. The van der Waals surface area contributed by atoms with Crippen LogP contribution in [0.3, 0.4) is 0 Å². The summed E-state index contributed by atoms with van der Waals surface area (Å²) >= 11 is 14.1. The Kier molecular flexibility index (Phi) is 3.54. The molecule has 2 nitrogen and oxygen atoms in total. The summed E-state index contributed by atoms with van der Waals surface area (Å²) in [6.07, 6.45) is 1.15. The van der Waals surface area contributed by atoms with E-state index in [4.69, 9.17) is 28.9 Å². The summed E-state index contributed by atoms with van der Waals surface area (Å²) < 4.78 is 0. The lowest BCUT2D eigenvalue weighted by Gasteiger charge is -2.16. The maximum Gasteiger partial charge on any atom is 0.0722 e. The van der Waals surface area contributed by atoms with Gasteiger partial charge in [0, 0.05) is 17.5 Å². The molecule has 1 aliphatic heterocycles. The summed E-state index contributed by atoms with van der Waals surface area (Å²) in [5.74, 6) is 2.30. The summed E-state index contributed by atoms with van der Waals surface area (Å²) in [7, 11) is 0. The molecule has 1 aromatic carbocycles. The molecule has 1 fully saturated rings. The van der Waals surface area contributed by atoms with Gasteiger partial charge in [0.05, 0.1) is 15.7 Å². The van der Waals surface area contributed by atoms with E-state index < -0.39 is 0 Å². The smallest absolute Gasteiger partial charge is 0.0722 e. The van der Waals surface area contributed by atoms with Crippen LogP contribution in [0.2, 0.25) is 10.0 Å². The lowest BCUT2D eigenvalue weighted by atomic mass is 10.2. The van der Waals surface area contributed by atoms with Crippen molar-refractivity contribution in [2.45, 2.75) is 12.5 Å². The molecule has 5 heteroatoms. The van der Waals surface area contributed by atoms with E-state index in [0.717, 1.165) is 17.9 Å². The lowest BCUT2D eigenvalue weighted by molar-refractivity contribution is 0.813. The third-order valence-electron chi connectivity index (χ3n) is 2.34. The summed E-state index contributed by atoms with van der Waals surface area (Å²) in [6, 6.07) is 3.91. The Morgan fingerprint density at radius 3 is 2.53 bits per heavy atom. The van der Waals surface area contributed by atoms with Gasteiger partial charge < -0.3 is 11.1 Å². The molecule has 0 radical (unpaired) electrons. The molecule has 1 atom stereocenters. The average Bonchev–Trinajstić information content (AvgIpc) is 2.63. The average molecular weight is 263 g/mol. The number of halogens is 2. The van der Waals surface area contributed by atoms with Crippen LogP contribution >= 0.6 is 35.0 Å². The maximum atomic E-state index is 6.08. The number of anilines is 2. The van der Waals surface area contributed by atoms with Crippen molar-refractivity contribution in [3.8, 4) is 0 Å². The van der Waals surface area contributed by atoms with Crippen molar-refractivity contribution < 1.29 is 0 Å². The molecule has 0 bridgehead atoms. The van der Waals surface area contributed by atoms with Crippen LogP contribution in [0.25, 0.3) is 0 Å². The minimum absolute atomic E-state index is 0.466. The first-order valence-electron chi connectivity index (χ1n) is 4.75. The summed E-state index contributed by atoms with van der Waals surface area (Å²) in [5.41, 5.74) is 7.04. The topological polar surface area (TPSA) is 38.0 Å². The molecule has 0 aliphatic carbocycles. The minimum Gasteiger partial charge on any atom is -0.399 e. The van der Waals surface area contributed by atoms with Gasteiger partial charge in [0.15, 0.2) is 0 Å². The van der Waals surface area contributed by atoms with Gasteiger partial charge in [-0.1, -0.05) is 23.2 Å². The Morgan fingerprint density at radius 2 is 2.00 bits per heavy atom. The Morgan fingerprint density at radius 1 is 1.33 bits per heavy atom. The summed E-state index contributed by atoms with van der Waals surface area (Å²) in [5, 5.41) is 4.55. The fraction of sp³-hybridized carbons (Fsp3) is 0.400. The molecule has 15 heavy (non-hydrogen) atoms. The molecular formula is C10H12Cl2N2S. The molecule has 0 saturated carbocycles. The van der Waals surface area contributed by atoms with Crippen LogP contribution in [0, 0.1) is 0 Å². The lowest BCUT2D eigenvalue weighted by Crippen LogP contribution is -2.18. The Labute approximate surface area is 104 Å². The van der Waals surface area contributed by atoms with Crippen LogP contribution in [0.4, 0.5) is 11.4 Å². The van der Waals surface area contributed by atoms with E-state index >= 15 is 0 Å². The maximum absolute atomic E-state index is 6.08. The van der Waals surface area contributed by atoms with Crippen LogP contribution in [-0.2, 0) is 0 Å². The normalized spacial score (nSPS) is 20.5. The largest absolute Gasteiger partial charge is 0.399 e. The zero-order valence-corrected chi connectivity index (χ0v) is 10.4. The van der Waals surface area contributed by atoms with Gasteiger partial charge in [-0.05, 0) is 24.3 Å². The third-order valence-corrected chi connectivity index (χ3v) is 4.10. The minimum atomic E-state index is 0.466. The number of benzene rings is 1. The standard InChI is InChI=1S/C10H12Cl2N2S/c11-8-3-6(13)4-9(12)10(8)14-7-1-2-15-5-7/h3-4,7,14H,1-2,5,13H2.